The molecular weight excluding hydrogens is 458 g/mol. The van der Waals surface area contributed by atoms with Gasteiger partial charge in [-0.25, -0.2) is 4.68 Å². The molecule has 2 amide bonds. The number of hydrogen-bond donors (Lipinski definition) is 3. The lowest BCUT2D eigenvalue weighted by molar-refractivity contribution is -0.125. The third-order valence-corrected chi connectivity index (χ3v) is 6.56. The number of rotatable bonds is 5. The Morgan fingerprint density at radius 3 is 2.47 bits per heavy atom. The summed E-state index contributed by atoms with van der Waals surface area (Å²) >= 11 is 0. The number of nitrogens with one attached hydrogen (secondary N) is 3. The van der Waals surface area contributed by atoms with E-state index >= 15 is 0 Å². The van der Waals surface area contributed by atoms with Crippen molar-refractivity contribution in [3.05, 3.63) is 84.1 Å². The van der Waals surface area contributed by atoms with Crippen LogP contribution in [0.5, 0.6) is 11.5 Å². The maximum absolute atomic E-state index is 13.9. The van der Waals surface area contributed by atoms with E-state index in [9.17, 15) is 9.59 Å². The van der Waals surface area contributed by atoms with E-state index in [1.54, 1.807) is 29.1 Å². The van der Waals surface area contributed by atoms with E-state index in [4.69, 9.17) is 9.15 Å². The number of nitrogens with zero attached hydrogens (tertiary/aromatic N) is 2. The van der Waals surface area contributed by atoms with Gasteiger partial charge in [-0.3, -0.25) is 14.9 Å². The normalized spacial score (nSPS) is 19.1. The minimum Gasteiger partial charge on any atom is -0.463 e. The van der Waals surface area contributed by atoms with E-state index in [0.29, 0.717) is 35.2 Å². The molecule has 0 saturated carbocycles. The molecule has 9 heteroatoms. The van der Waals surface area contributed by atoms with E-state index in [1.165, 1.54) is 0 Å². The zero-order chi connectivity index (χ0) is 24.6. The SMILES string of the molecule is CCC1CC(=O)NC(n2nc(-c3ccco3)cc2NC(=O)C2c3ccccc3Oc3ccccc32)N1. The van der Waals surface area contributed by atoms with Gasteiger partial charge >= 0.3 is 0 Å². The highest BCUT2D eigenvalue weighted by molar-refractivity contribution is 5.99. The van der Waals surface area contributed by atoms with E-state index in [1.807, 2.05) is 55.5 Å². The van der Waals surface area contributed by atoms with Crippen LogP contribution in [0, 0.1) is 0 Å². The molecule has 9 nitrogen and oxygen atoms in total. The first kappa shape index (κ1) is 22.1. The molecule has 2 atom stereocenters. The molecule has 4 heterocycles. The van der Waals surface area contributed by atoms with Crippen LogP contribution in [0.3, 0.4) is 0 Å². The number of furan rings is 1. The summed E-state index contributed by atoms with van der Waals surface area (Å²) in [5, 5.41) is 14.1. The average molecular weight is 484 g/mol. The Balaban J connectivity index is 1.39. The van der Waals surface area contributed by atoms with Crippen molar-refractivity contribution < 1.29 is 18.7 Å². The number of aromatic nitrogens is 2. The molecule has 0 spiro atoms. The number of para-hydroxylation sites is 2. The van der Waals surface area contributed by atoms with Gasteiger partial charge < -0.3 is 19.8 Å². The van der Waals surface area contributed by atoms with Crippen molar-refractivity contribution in [1.29, 1.82) is 0 Å². The molecule has 36 heavy (non-hydrogen) atoms. The zero-order valence-corrected chi connectivity index (χ0v) is 19.6. The van der Waals surface area contributed by atoms with E-state index in [2.05, 4.69) is 21.0 Å². The maximum Gasteiger partial charge on any atom is 0.237 e. The minimum absolute atomic E-state index is 0.00203. The number of hydrogen-bond acceptors (Lipinski definition) is 6. The van der Waals surface area contributed by atoms with Gasteiger partial charge in [-0.15, -0.1) is 0 Å². The molecule has 3 N–H and O–H groups in total. The van der Waals surface area contributed by atoms with E-state index < -0.39 is 12.2 Å². The summed E-state index contributed by atoms with van der Waals surface area (Å²) in [6.07, 6.45) is 2.12. The Morgan fingerprint density at radius 1 is 1.08 bits per heavy atom. The highest BCUT2D eigenvalue weighted by atomic mass is 16.5. The first-order valence-electron chi connectivity index (χ1n) is 12.0. The summed E-state index contributed by atoms with van der Waals surface area (Å²) in [4.78, 5) is 26.3. The van der Waals surface area contributed by atoms with Gasteiger partial charge in [0.25, 0.3) is 0 Å². The predicted molar refractivity (Wildman–Crippen MR) is 132 cm³/mol. The number of carbonyl (C=O) groups excluding carboxylic acids is 2. The van der Waals surface area contributed by atoms with Crippen LogP contribution in [-0.2, 0) is 9.59 Å². The van der Waals surface area contributed by atoms with Gasteiger partial charge in [-0.05, 0) is 30.7 Å². The first-order chi connectivity index (χ1) is 17.6. The third-order valence-electron chi connectivity index (χ3n) is 6.56. The van der Waals surface area contributed by atoms with Crippen molar-refractivity contribution in [2.45, 2.75) is 38.0 Å². The van der Waals surface area contributed by atoms with Crippen LogP contribution in [0.25, 0.3) is 11.5 Å². The summed E-state index contributed by atoms with van der Waals surface area (Å²) < 4.78 is 13.2. The second-order valence-corrected chi connectivity index (χ2v) is 8.88. The predicted octanol–water partition coefficient (Wildman–Crippen LogP) is 4.36. The lowest BCUT2D eigenvalue weighted by Gasteiger charge is -2.32. The molecule has 0 radical (unpaired) electrons. The zero-order valence-electron chi connectivity index (χ0n) is 19.6. The Labute approximate surface area is 207 Å². The molecule has 2 aliphatic heterocycles. The number of carbonyl (C=O) groups is 2. The maximum atomic E-state index is 13.9. The summed E-state index contributed by atoms with van der Waals surface area (Å²) in [6.45, 7) is 2.02. The second kappa shape index (κ2) is 9.01. The molecular formula is C27H25N5O4. The number of anilines is 1. The Morgan fingerprint density at radius 2 is 1.81 bits per heavy atom. The van der Waals surface area contributed by atoms with Crippen LogP contribution in [-0.4, -0.2) is 27.6 Å². The van der Waals surface area contributed by atoms with Crippen molar-refractivity contribution in [3.63, 3.8) is 0 Å². The van der Waals surface area contributed by atoms with Crippen molar-refractivity contribution in [2.75, 3.05) is 5.32 Å². The van der Waals surface area contributed by atoms with Gasteiger partial charge in [0.1, 0.15) is 23.0 Å². The summed E-state index contributed by atoms with van der Waals surface area (Å²) in [5.41, 5.74) is 2.10. The monoisotopic (exact) mass is 483 g/mol. The first-order valence-corrected chi connectivity index (χ1v) is 12.0. The third kappa shape index (κ3) is 3.93. The Kier molecular flexibility index (Phi) is 5.54. The average Bonchev–Trinajstić information content (AvgIpc) is 3.57. The van der Waals surface area contributed by atoms with Crippen LogP contribution < -0.4 is 20.7 Å². The molecule has 0 bridgehead atoms. The van der Waals surface area contributed by atoms with Crippen LogP contribution in [0.4, 0.5) is 5.82 Å². The highest BCUT2D eigenvalue weighted by Crippen LogP contribution is 2.44. The largest absolute Gasteiger partial charge is 0.463 e. The summed E-state index contributed by atoms with van der Waals surface area (Å²) in [7, 11) is 0. The molecule has 4 aromatic rings. The Hall–Kier alpha value is -4.37. The van der Waals surface area contributed by atoms with Crippen molar-refractivity contribution in [1.82, 2.24) is 20.4 Å². The quantitative estimate of drug-likeness (QED) is 0.389. The van der Waals surface area contributed by atoms with Crippen LogP contribution in [0.15, 0.2) is 77.4 Å². The molecule has 1 saturated heterocycles. The van der Waals surface area contributed by atoms with Gasteiger partial charge in [-0.1, -0.05) is 43.3 Å². The van der Waals surface area contributed by atoms with Crippen molar-refractivity contribution >= 4 is 17.6 Å². The fraction of sp³-hybridized carbons (Fsp3) is 0.222. The highest BCUT2D eigenvalue weighted by Gasteiger charge is 2.34. The van der Waals surface area contributed by atoms with Gasteiger partial charge in [0.2, 0.25) is 11.8 Å². The summed E-state index contributed by atoms with van der Waals surface area (Å²) in [5.74, 6) is 1.38. The smallest absolute Gasteiger partial charge is 0.237 e. The van der Waals surface area contributed by atoms with Crippen LogP contribution in [0.1, 0.15) is 43.1 Å². The van der Waals surface area contributed by atoms with Gasteiger partial charge in [-0.2, -0.15) is 5.10 Å². The molecule has 1 fully saturated rings. The fourth-order valence-electron chi connectivity index (χ4n) is 4.77. The molecule has 182 valence electrons. The second-order valence-electron chi connectivity index (χ2n) is 8.88. The van der Waals surface area contributed by atoms with Crippen LogP contribution >= 0.6 is 0 Å². The van der Waals surface area contributed by atoms with E-state index in [0.717, 1.165) is 17.5 Å². The Bertz CT molecular complexity index is 1380. The topological polar surface area (TPSA) is 110 Å². The molecule has 2 aliphatic rings. The fourth-order valence-corrected chi connectivity index (χ4v) is 4.77. The molecule has 0 aliphatic carbocycles. The standard InChI is InChI=1S/C27H25N5O4/c1-2-16-14-24(33)30-27(28-16)32-23(15-19(31-32)22-12-7-13-35-22)29-26(34)25-17-8-3-5-10-20(17)36-21-11-6-4-9-18(21)25/h3-13,15-16,25,27-28H,2,14H2,1H3,(H,29,34)(H,30,33). The number of amides is 2. The minimum atomic E-state index is -0.621. The van der Waals surface area contributed by atoms with Crippen LogP contribution in [0.2, 0.25) is 0 Å². The molecule has 6 rings (SSSR count). The lowest BCUT2D eigenvalue weighted by Crippen LogP contribution is -2.53. The van der Waals surface area contributed by atoms with E-state index in [-0.39, 0.29) is 17.9 Å². The molecule has 2 aromatic carbocycles. The summed E-state index contributed by atoms with van der Waals surface area (Å²) in [6, 6.07) is 20.4. The van der Waals surface area contributed by atoms with Gasteiger partial charge in [0.15, 0.2) is 12.0 Å². The number of benzene rings is 2. The van der Waals surface area contributed by atoms with Crippen molar-refractivity contribution in [2.24, 2.45) is 0 Å². The van der Waals surface area contributed by atoms with Gasteiger partial charge in [0.05, 0.1) is 12.2 Å². The molecule has 2 aromatic heterocycles. The molecule has 2 unspecified atom stereocenters. The van der Waals surface area contributed by atoms with Gasteiger partial charge in [0, 0.05) is 29.7 Å². The van der Waals surface area contributed by atoms with Crippen molar-refractivity contribution in [3.8, 4) is 23.0 Å². The number of ether oxygens (including phenoxy) is 1. The lowest BCUT2D eigenvalue weighted by atomic mass is 9.87. The number of fused-ring (bicyclic) bond motifs is 2.